The lowest BCUT2D eigenvalue weighted by Gasteiger charge is -2.27. The Morgan fingerprint density at radius 2 is 1.60 bits per heavy atom. The van der Waals surface area contributed by atoms with Gasteiger partial charge >= 0.3 is 0 Å². The number of ketones is 1. The topological polar surface area (TPSA) is 83.9 Å². The Labute approximate surface area is 146 Å². The molecule has 0 spiro atoms. The molecule has 1 fully saturated rings. The van der Waals surface area contributed by atoms with E-state index < -0.39 is 21.9 Å². The van der Waals surface area contributed by atoms with Crippen LogP contribution in [0.3, 0.4) is 0 Å². The fourth-order valence-electron chi connectivity index (χ4n) is 2.76. The molecule has 2 aromatic carbocycles. The number of aliphatic hydroxyl groups excluding tert-OH is 1. The minimum Gasteiger partial charge on any atom is -0.380 e. The van der Waals surface area contributed by atoms with Gasteiger partial charge in [0.1, 0.15) is 6.10 Å². The number of sulfonamides is 1. The lowest BCUT2D eigenvalue weighted by molar-refractivity contribution is 0.0723. The molecular formula is C18H19NO5S. The first-order valence-electron chi connectivity index (χ1n) is 7.96. The molecule has 3 rings (SSSR count). The smallest absolute Gasteiger partial charge is 0.243 e. The Morgan fingerprint density at radius 3 is 2.28 bits per heavy atom. The van der Waals surface area contributed by atoms with Crippen LogP contribution in [0.5, 0.6) is 0 Å². The van der Waals surface area contributed by atoms with Crippen LogP contribution in [-0.2, 0) is 14.8 Å². The number of carbonyl (C=O) groups is 1. The van der Waals surface area contributed by atoms with Gasteiger partial charge in [0.25, 0.3) is 0 Å². The van der Waals surface area contributed by atoms with Crippen LogP contribution < -0.4 is 0 Å². The number of benzene rings is 2. The Morgan fingerprint density at radius 1 is 1.00 bits per heavy atom. The second-order valence-electron chi connectivity index (χ2n) is 5.69. The van der Waals surface area contributed by atoms with Crippen molar-refractivity contribution in [3.8, 4) is 0 Å². The van der Waals surface area contributed by atoms with Crippen molar-refractivity contribution in [3.05, 3.63) is 65.7 Å². The van der Waals surface area contributed by atoms with Crippen LogP contribution in [0.25, 0.3) is 0 Å². The quantitative estimate of drug-likeness (QED) is 0.818. The monoisotopic (exact) mass is 361 g/mol. The van der Waals surface area contributed by atoms with Gasteiger partial charge in [-0.1, -0.05) is 42.5 Å². The average molecular weight is 361 g/mol. The summed E-state index contributed by atoms with van der Waals surface area (Å²) in [5.41, 5.74) is 0.413. The summed E-state index contributed by atoms with van der Waals surface area (Å²) in [5, 5.41) is 10.4. The molecule has 1 heterocycles. The fraction of sp³-hybridized carbons (Fsp3) is 0.278. The summed E-state index contributed by atoms with van der Waals surface area (Å²) in [7, 11) is -3.83. The maximum atomic E-state index is 12.9. The van der Waals surface area contributed by atoms with E-state index in [1.807, 2.05) is 0 Å². The molecule has 0 amide bonds. The van der Waals surface area contributed by atoms with Gasteiger partial charge in [-0.25, -0.2) is 8.42 Å². The Bertz CT molecular complexity index is 845. The number of hydrogen-bond acceptors (Lipinski definition) is 5. The third kappa shape index (κ3) is 3.64. The molecule has 0 bridgehead atoms. The predicted octanol–water partition coefficient (Wildman–Crippen LogP) is 1.62. The maximum Gasteiger partial charge on any atom is 0.243 e. The molecule has 1 saturated heterocycles. The van der Waals surface area contributed by atoms with Crippen molar-refractivity contribution in [3.63, 3.8) is 0 Å². The van der Waals surface area contributed by atoms with Crippen molar-refractivity contribution < 1.29 is 23.1 Å². The third-order valence-electron chi connectivity index (χ3n) is 4.10. The van der Waals surface area contributed by atoms with Crippen LogP contribution in [-0.4, -0.2) is 49.9 Å². The van der Waals surface area contributed by atoms with Crippen molar-refractivity contribution in [2.75, 3.05) is 26.3 Å². The molecule has 7 heteroatoms. The molecular weight excluding hydrogens is 342 g/mol. The standard InChI is InChI=1S/C18H19NO5S/c20-17(14-6-2-1-3-7-14)18(21)15-8-4-5-9-16(15)25(22,23)19-10-12-24-13-11-19/h1-9,17,20H,10-13H2. The Balaban J connectivity index is 1.97. The first-order valence-corrected chi connectivity index (χ1v) is 9.40. The van der Waals surface area contributed by atoms with Crippen LogP contribution in [0.2, 0.25) is 0 Å². The molecule has 1 atom stereocenters. The highest BCUT2D eigenvalue weighted by Crippen LogP contribution is 2.26. The summed E-state index contributed by atoms with van der Waals surface area (Å²) in [4.78, 5) is 12.7. The molecule has 25 heavy (non-hydrogen) atoms. The lowest BCUT2D eigenvalue weighted by Crippen LogP contribution is -2.41. The molecule has 1 aliphatic heterocycles. The first-order chi connectivity index (χ1) is 12.0. The van der Waals surface area contributed by atoms with Gasteiger partial charge in [0, 0.05) is 18.7 Å². The Kier molecular flexibility index (Phi) is 5.29. The van der Waals surface area contributed by atoms with Crippen molar-refractivity contribution >= 4 is 15.8 Å². The SMILES string of the molecule is O=C(c1ccccc1S(=O)(=O)N1CCOCC1)C(O)c1ccccc1. The van der Waals surface area contributed by atoms with Crippen molar-refractivity contribution in [2.45, 2.75) is 11.0 Å². The highest BCUT2D eigenvalue weighted by atomic mass is 32.2. The molecule has 1 unspecified atom stereocenters. The van der Waals surface area contributed by atoms with Crippen LogP contribution in [0.1, 0.15) is 22.0 Å². The van der Waals surface area contributed by atoms with E-state index in [2.05, 4.69) is 0 Å². The summed E-state index contributed by atoms with van der Waals surface area (Å²) in [6, 6.07) is 14.4. The van der Waals surface area contributed by atoms with Gasteiger partial charge in [-0.3, -0.25) is 4.79 Å². The van der Waals surface area contributed by atoms with E-state index in [4.69, 9.17) is 4.74 Å². The number of Topliss-reactive ketones (excluding diaryl/α,β-unsaturated/α-hetero) is 1. The molecule has 2 aromatic rings. The second kappa shape index (κ2) is 7.45. The van der Waals surface area contributed by atoms with E-state index in [-0.39, 0.29) is 23.5 Å². The molecule has 0 aromatic heterocycles. The zero-order valence-corrected chi connectivity index (χ0v) is 14.4. The van der Waals surface area contributed by atoms with Crippen LogP contribution >= 0.6 is 0 Å². The average Bonchev–Trinajstić information content (AvgIpc) is 2.68. The lowest BCUT2D eigenvalue weighted by atomic mass is 10.00. The zero-order valence-electron chi connectivity index (χ0n) is 13.5. The minimum absolute atomic E-state index is 0.00894. The first kappa shape index (κ1) is 17.8. The number of rotatable bonds is 5. The van der Waals surface area contributed by atoms with Crippen LogP contribution in [0.4, 0.5) is 0 Å². The van der Waals surface area contributed by atoms with Crippen LogP contribution in [0.15, 0.2) is 59.5 Å². The van der Waals surface area contributed by atoms with Gasteiger partial charge in [0.2, 0.25) is 10.0 Å². The summed E-state index contributed by atoms with van der Waals surface area (Å²) in [6.07, 6.45) is -1.41. The van der Waals surface area contributed by atoms with E-state index in [1.165, 1.54) is 16.4 Å². The summed E-state index contributed by atoms with van der Waals surface area (Å²) >= 11 is 0. The predicted molar refractivity (Wildman–Crippen MR) is 91.8 cm³/mol. The maximum absolute atomic E-state index is 12.9. The normalized spacial score (nSPS) is 17.2. The highest BCUT2D eigenvalue weighted by Gasteiger charge is 2.31. The van der Waals surface area contributed by atoms with Crippen molar-refractivity contribution in [1.29, 1.82) is 0 Å². The molecule has 132 valence electrons. The van der Waals surface area contributed by atoms with Gasteiger partial charge in [-0.15, -0.1) is 0 Å². The molecule has 0 aliphatic carbocycles. The number of aliphatic hydroxyl groups is 1. The highest BCUT2D eigenvalue weighted by molar-refractivity contribution is 7.89. The third-order valence-corrected chi connectivity index (χ3v) is 6.06. The number of nitrogens with zero attached hydrogens (tertiary/aromatic N) is 1. The largest absolute Gasteiger partial charge is 0.380 e. The zero-order chi connectivity index (χ0) is 17.9. The van der Waals surface area contributed by atoms with E-state index in [0.717, 1.165) is 0 Å². The van der Waals surface area contributed by atoms with Gasteiger partial charge in [-0.05, 0) is 17.7 Å². The number of carbonyl (C=O) groups excluding carboxylic acids is 1. The summed E-state index contributed by atoms with van der Waals surface area (Å²) in [6.45, 7) is 1.13. The van der Waals surface area contributed by atoms with Gasteiger partial charge in [-0.2, -0.15) is 4.31 Å². The molecule has 1 aliphatic rings. The van der Waals surface area contributed by atoms with Crippen molar-refractivity contribution in [1.82, 2.24) is 4.31 Å². The fourth-order valence-corrected chi connectivity index (χ4v) is 4.36. The molecule has 0 saturated carbocycles. The molecule has 1 N–H and O–H groups in total. The van der Waals surface area contributed by atoms with E-state index in [0.29, 0.717) is 18.8 Å². The van der Waals surface area contributed by atoms with Gasteiger partial charge in [0.15, 0.2) is 5.78 Å². The number of morpholine rings is 1. The summed E-state index contributed by atoms with van der Waals surface area (Å²) in [5.74, 6) is -0.640. The van der Waals surface area contributed by atoms with E-state index >= 15 is 0 Å². The number of hydrogen-bond donors (Lipinski definition) is 1. The van der Waals surface area contributed by atoms with E-state index in [9.17, 15) is 18.3 Å². The van der Waals surface area contributed by atoms with E-state index in [1.54, 1.807) is 42.5 Å². The van der Waals surface area contributed by atoms with Gasteiger partial charge < -0.3 is 9.84 Å². The molecule has 6 nitrogen and oxygen atoms in total. The minimum atomic E-state index is -3.83. The molecule has 0 radical (unpaired) electrons. The Hall–Kier alpha value is -2.06. The van der Waals surface area contributed by atoms with Crippen molar-refractivity contribution in [2.24, 2.45) is 0 Å². The van der Waals surface area contributed by atoms with Gasteiger partial charge in [0.05, 0.1) is 18.1 Å². The van der Waals surface area contributed by atoms with Crippen LogP contribution in [0, 0.1) is 0 Å². The number of ether oxygens (including phenoxy) is 1. The summed E-state index contributed by atoms with van der Waals surface area (Å²) < 4.78 is 32.3. The second-order valence-corrected chi connectivity index (χ2v) is 7.60.